The van der Waals surface area contributed by atoms with Gasteiger partial charge in [0.05, 0.1) is 18.9 Å². The van der Waals surface area contributed by atoms with Gasteiger partial charge in [-0.15, -0.1) is 0 Å². The Labute approximate surface area is 135 Å². The van der Waals surface area contributed by atoms with Crippen LogP contribution in [-0.2, 0) is 0 Å². The Morgan fingerprint density at radius 3 is 2.73 bits per heavy atom. The normalized spacial score (nSPS) is 10.6. The van der Waals surface area contributed by atoms with E-state index in [-0.39, 0.29) is 23.2 Å². The summed E-state index contributed by atoms with van der Waals surface area (Å²) in [5.41, 5.74) is 3.28. The third-order valence-corrected chi connectivity index (χ3v) is 3.49. The van der Waals surface area contributed by atoms with Crippen molar-refractivity contribution in [2.75, 3.05) is 7.11 Å². The van der Waals surface area contributed by atoms with Crippen LogP contribution in [0.4, 0.5) is 0 Å². The fourth-order valence-electron chi connectivity index (χ4n) is 1.72. The zero-order valence-corrected chi connectivity index (χ0v) is 13.2. The summed E-state index contributed by atoms with van der Waals surface area (Å²) in [6, 6.07) is 9.73. The van der Waals surface area contributed by atoms with Gasteiger partial charge >= 0.3 is 0 Å². The van der Waals surface area contributed by atoms with Crippen molar-refractivity contribution < 1.29 is 19.7 Å². The average Bonchev–Trinajstić information content (AvgIpc) is 2.50. The molecule has 0 radical (unpaired) electrons. The first kappa shape index (κ1) is 15.8. The average molecular weight is 365 g/mol. The summed E-state index contributed by atoms with van der Waals surface area (Å²) < 4.78 is 5.57. The van der Waals surface area contributed by atoms with E-state index < -0.39 is 0 Å². The predicted molar refractivity (Wildman–Crippen MR) is 85.5 cm³/mol. The summed E-state index contributed by atoms with van der Waals surface area (Å²) in [6.45, 7) is 0. The highest BCUT2D eigenvalue weighted by Crippen LogP contribution is 2.35. The van der Waals surface area contributed by atoms with Gasteiger partial charge in [-0.05, 0) is 40.2 Å². The zero-order chi connectivity index (χ0) is 16.1. The Balaban J connectivity index is 2.12. The van der Waals surface area contributed by atoms with Gasteiger partial charge < -0.3 is 14.9 Å². The second kappa shape index (κ2) is 6.95. The molecule has 2 aromatic rings. The Morgan fingerprint density at radius 1 is 1.32 bits per heavy atom. The molecule has 3 N–H and O–H groups in total. The van der Waals surface area contributed by atoms with Crippen LogP contribution in [0.25, 0.3) is 0 Å². The van der Waals surface area contributed by atoms with Gasteiger partial charge in [0.15, 0.2) is 11.5 Å². The number of methoxy groups -OCH3 is 1. The molecule has 0 bridgehead atoms. The van der Waals surface area contributed by atoms with E-state index in [9.17, 15) is 15.0 Å². The molecule has 0 spiro atoms. The molecular formula is C15H13BrN2O4. The maximum Gasteiger partial charge on any atom is 0.272 e. The topological polar surface area (TPSA) is 91.2 Å². The molecule has 0 aromatic heterocycles. The number of benzene rings is 2. The summed E-state index contributed by atoms with van der Waals surface area (Å²) >= 11 is 3.28. The summed E-state index contributed by atoms with van der Waals surface area (Å²) in [6.07, 6.45) is 1.33. The molecule has 6 nitrogen and oxygen atoms in total. The van der Waals surface area contributed by atoms with Crippen molar-refractivity contribution >= 4 is 28.1 Å². The van der Waals surface area contributed by atoms with Gasteiger partial charge in [0.25, 0.3) is 5.91 Å². The predicted octanol–water partition coefficient (Wildman–Crippen LogP) is 2.63. The molecule has 0 atom stereocenters. The van der Waals surface area contributed by atoms with Crippen LogP contribution < -0.4 is 10.2 Å². The number of phenolic OH excluding ortho intramolecular Hbond substituents is 2. The van der Waals surface area contributed by atoms with E-state index in [0.29, 0.717) is 15.6 Å². The van der Waals surface area contributed by atoms with Crippen molar-refractivity contribution in [1.82, 2.24) is 5.43 Å². The second-order valence-electron chi connectivity index (χ2n) is 4.27. The summed E-state index contributed by atoms with van der Waals surface area (Å²) in [5.74, 6) is -0.952. The van der Waals surface area contributed by atoms with Crippen LogP contribution in [0.2, 0.25) is 0 Å². The van der Waals surface area contributed by atoms with Gasteiger partial charge in [0, 0.05) is 10.0 Å². The molecule has 2 rings (SSSR count). The number of aromatic hydroxyl groups is 2. The van der Waals surface area contributed by atoms with E-state index in [2.05, 4.69) is 26.5 Å². The van der Waals surface area contributed by atoms with Crippen molar-refractivity contribution in [2.45, 2.75) is 0 Å². The van der Waals surface area contributed by atoms with Gasteiger partial charge in [0.2, 0.25) is 5.75 Å². The number of rotatable bonds is 4. The quantitative estimate of drug-likeness (QED) is 0.441. The number of ether oxygens (including phenoxy) is 1. The highest BCUT2D eigenvalue weighted by molar-refractivity contribution is 9.10. The number of halogens is 1. The van der Waals surface area contributed by atoms with E-state index in [4.69, 9.17) is 4.74 Å². The van der Waals surface area contributed by atoms with Crippen LogP contribution in [0.3, 0.4) is 0 Å². The Morgan fingerprint density at radius 2 is 2.05 bits per heavy atom. The molecule has 0 aliphatic rings. The molecule has 0 saturated heterocycles. The number of amides is 1. The van der Waals surface area contributed by atoms with Gasteiger partial charge in [-0.25, -0.2) is 5.43 Å². The van der Waals surface area contributed by atoms with E-state index in [0.717, 1.165) is 0 Å². The minimum atomic E-state index is -0.376. The number of carbonyl (C=O) groups excluding carboxylic acids is 1. The number of hydrogen-bond acceptors (Lipinski definition) is 5. The van der Waals surface area contributed by atoms with Crippen LogP contribution in [0.5, 0.6) is 17.2 Å². The van der Waals surface area contributed by atoms with Gasteiger partial charge in [-0.2, -0.15) is 5.10 Å². The van der Waals surface area contributed by atoms with Crippen LogP contribution in [0, 0.1) is 0 Å². The Hall–Kier alpha value is -2.54. The number of hydrogen-bond donors (Lipinski definition) is 3. The van der Waals surface area contributed by atoms with E-state index >= 15 is 0 Å². The molecular weight excluding hydrogens is 352 g/mol. The lowest BCUT2D eigenvalue weighted by atomic mass is 10.2. The first-order valence-corrected chi connectivity index (χ1v) is 7.00. The highest BCUT2D eigenvalue weighted by atomic mass is 79.9. The zero-order valence-electron chi connectivity index (χ0n) is 11.6. The molecule has 0 unspecified atom stereocenters. The summed E-state index contributed by atoms with van der Waals surface area (Å²) in [7, 11) is 1.37. The molecule has 7 heteroatoms. The van der Waals surface area contributed by atoms with Crippen LogP contribution in [0.1, 0.15) is 15.9 Å². The number of nitrogens with one attached hydrogen (secondary N) is 1. The summed E-state index contributed by atoms with van der Waals surface area (Å²) in [4.78, 5) is 11.9. The molecule has 114 valence electrons. The van der Waals surface area contributed by atoms with Gasteiger partial charge in [-0.1, -0.05) is 12.1 Å². The number of hydrazone groups is 1. The fourth-order valence-corrected chi connectivity index (χ4v) is 2.18. The smallest absolute Gasteiger partial charge is 0.272 e. The minimum Gasteiger partial charge on any atom is -0.504 e. The van der Waals surface area contributed by atoms with Crippen molar-refractivity contribution in [3.8, 4) is 17.2 Å². The first-order valence-electron chi connectivity index (χ1n) is 6.21. The molecule has 0 saturated carbocycles. The lowest BCUT2D eigenvalue weighted by molar-refractivity contribution is 0.0954. The standard InChI is InChI=1S/C15H13BrN2O4/c1-22-13-7-9(6-12(19)14(13)20)8-17-18-15(21)10-4-2-3-5-11(10)16/h2-8,19-20H,1H3,(H,18,21)/b17-8+. The van der Waals surface area contributed by atoms with Crippen molar-refractivity contribution in [1.29, 1.82) is 0 Å². The third-order valence-electron chi connectivity index (χ3n) is 2.80. The fraction of sp³-hybridized carbons (Fsp3) is 0.0667. The molecule has 0 heterocycles. The van der Waals surface area contributed by atoms with Gasteiger partial charge in [-0.3, -0.25) is 4.79 Å². The molecule has 0 aliphatic heterocycles. The van der Waals surface area contributed by atoms with Crippen molar-refractivity contribution in [3.05, 3.63) is 52.0 Å². The van der Waals surface area contributed by atoms with Crippen LogP contribution >= 0.6 is 15.9 Å². The third kappa shape index (κ3) is 3.56. The molecule has 1 amide bonds. The van der Waals surface area contributed by atoms with Crippen molar-refractivity contribution in [2.24, 2.45) is 5.10 Å². The lowest BCUT2D eigenvalue weighted by Gasteiger charge is -2.06. The van der Waals surface area contributed by atoms with E-state index in [1.54, 1.807) is 24.3 Å². The van der Waals surface area contributed by atoms with Crippen molar-refractivity contribution in [3.63, 3.8) is 0 Å². The minimum absolute atomic E-state index is 0.110. The highest BCUT2D eigenvalue weighted by Gasteiger charge is 2.09. The second-order valence-corrected chi connectivity index (χ2v) is 5.12. The van der Waals surface area contributed by atoms with E-state index in [1.807, 2.05) is 0 Å². The Bertz CT molecular complexity index is 731. The van der Waals surface area contributed by atoms with Crippen LogP contribution in [0.15, 0.2) is 46.0 Å². The first-order chi connectivity index (χ1) is 10.5. The molecule has 22 heavy (non-hydrogen) atoms. The monoisotopic (exact) mass is 364 g/mol. The lowest BCUT2D eigenvalue weighted by Crippen LogP contribution is -2.18. The summed E-state index contributed by atoms with van der Waals surface area (Å²) in [5, 5.41) is 22.9. The number of nitrogens with zero attached hydrogens (tertiary/aromatic N) is 1. The van der Waals surface area contributed by atoms with Crippen LogP contribution in [-0.4, -0.2) is 29.4 Å². The molecule has 2 aromatic carbocycles. The molecule has 0 aliphatic carbocycles. The van der Waals surface area contributed by atoms with Gasteiger partial charge in [0.1, 0.15) is 0 Å². The van der Waals surface area contributed by atoms with E-state index in [1.165, 1.54) is 25.5 Å². The molecule has 0 fully saturated rings. The SMILES string of the molecule is COc1cc(/C=N/NC(=O)c2ccccc2Br)cc(O)c1O. The maximum atomic E-state index is 11.9. The number of phenols is 2. The largest absolute Gasteiger partial charge is 0.504 e. The Kier molecular flexibility index (Phi) is 5.00. The number of carbonyl (C=O) groups is 1. The maximum absolute atomic E-state index is 11.9.